The Kier molecular flexibility index (Phi) is 7.99. The fourth-order valence-electron chi connectivity index (χ4n) is 4.50. The Morgan fingerprint density at radius 1 is 1.24 bits per heavy atom. The Bertz CT molecular complexity index is 748. The van der Waals surface area contributed by atoms with Gasteiger partial charge in [0.25, 0.3) is 0 Å². The fourth-order valence-corrected chi connectivity index (χ4v) is 6.61. The number of guanidine groups is 1. The van der Waals surface area contributed by atoms with Crippen LogP contribution in [-0.4, -0.2) is 56.7 Å². The van der Waals surface area contributed by atoms with Crippen LogP contribution in [0, 0.1) is 0 Å². The van der Waals surface area contributed by atoms with Gasteiger partial charge >= 0.3 is 0 Å². The van der Waals surface area contributed by atoms with E-state index in [1.807, 2.05) is 11.3 Å². The molecule has 1 aromatic rings. The van der Waals surface area contributed by atoms with E-state index in [2.05, 4.69) is 35.1 Å². The first-order valence-corrected chi connectivity index (χ1v) is 13.5. The minimum atomic E-state index is -3.08. The van der Waals surface area contributed by atoms with E-state index in [9.17, 15) is 8.42 Å². The number of thiophene rings is 1. The van der Waals surface area contributed by atoms with Crippen LogP contribution >= 0.6 is 11.3 Å². The van der Waals surface area contributed by atoms with Gasteiger partial charge in [0.05, 0.1) is 12.3 Å². The van der Waals surface area contributed by atoms with Gasteiger partial charge in [0, 0.05) is 36.0 Å². The van der Waals surface area contributed by atoms with Gasteiger partial charge in [0.2, 0.25) is 10.0 Å². The third-order valence-electron chi connectivity index (χ3n) is 6.29. The van der Waals surface area contributed by atoms with Gasteiger partial charge in [-0.25, -0.2) is 12.7 Å². The van der Waals surface area contributed by atoms with Crippen molar-refractivity contribution in [3.8, 4) is 0 Å². The molecule has 0 bridgehead atoms. The lowest BCUT2D eigenvalue weighted by Crippen LogP contribution is -2.50. The van der Waals surface area contributed by atoms with Crippen LogP contribution in [0.1, 0.15) is 63.7 Å². The third-order valence-corrected chi connectivity index (χ3v) is 9.29. The highest BCUT2D eigenvalue weighted by Gasteiger charge is 2.35. The van der Waals surface area contributed by atoms with E-state index in [0.717, 1.165) is 31.9 Å². The van der Waals surface area contributed by atoms with Crippen LogP contribution < -0.4 is 10.6 Å². The zero-order chi connectivity index (χ0) is 20.7. The molecule has 29 heavy (non-hydrogen) atoms. The lowest BCUT2D eigenvalue weighted by Gasteiger charge is -2.36. The van der Waals surface area contributed by atoms with Crippen molar-refractivity contribution in [1.82, 2.24) is 14.9 Å². The number of piperidine rings is 1. The Labute approximate surface area is 180 Å². The maximum atomic E-state index is 12.1. The molecule has 0 atom stereocenters. The molecule has 1 aliphatic carbocycles. The van der Waals surface area contributed by atoms with E-state index in [4.69, 9.17) is 4.99 Å². The van der Waals surface area contributed by atoms with Gasteiger partial charge in [0.15, 0.2) is 5.96 Å². The highest BCUT2D eigenvalue weighted by Crippen LogP contribution is 2.41. The molecule has 0 amide bonds. The molecule has 0 aromatic carbocycles. The van der Waals surface area contributed by atoms with Crippen LogP contribution in [0.15, 0.2) is 22.5 Å². The summed E-state index contributed by atoms with van der Waals surface area (Å²) in [5.74, 6) is 1.05. The zero-order valence-corrected chi connectivity index (χ0v) is 19.5. The summed E-state index contributed by atoms with van der Waals surface area (Å²) in [6.07, 6.45) is 7.95. The molecule has 0 radical (unpaired) electrons. The summed E-state index contributed by atoms with van der Waals surface area (Å²) >= 11 is 1.86. The number of rotatable bonds is 7. The van der Waals surface area contributed by atoms with Crippen molar-refractivity contribution in [2.45, 2.75) is 70.3 Å². The third kappa shape index (κ3) is 5.73. The highest BCUT2D eigenvalue weighted by atomic mass is 32.2. The van der Waals surface area contributed by atoms with Crippen molar-refractivity contribution in [3.63, 3.8) is 0 Å². The Hall–Kier alpha value is -1.12. The average molecular weight is 441 g/mol. The molecule has 1 aromatic heterocycles. The molecule has 164 valence electrons. The molecule has 2 aliphatic rings. The van der Waals surface area contributed by atoms with Crippen molar-refractivity contribution < 1.29 is 8.42 Å². The molecule has 2 fully saturated rings. The molecule has 1 saturated heterocycles. The number of nitrogens with one attached hydrogen (secondary N) is 2. The first-order chi connectivity index (χ1) is 14.0. The maximum absolute atomic E-state index is 12.1. The number of hydrogen-bond donors (Lipinski definition) is 2. The van der Waals surface area contributed by atoms with Gasteiger partial charge in [0.1, 0.15) is 0 Å². The molecular formula is C21H36N4O2S2. The molecule has 2 heterocycles. The second-order valence-electron chi connectivity index (χ2n) is 8.23. The summed E-state index contributed by atoms with van der Waals surface area (Å²) in [4.78, 5) is 6.48. The average Bonchev–Trinajstić information content (AvgIpc) is 3.29. The van der Waals surface area contributed by atoms with E-state index in [-0.39, 0.29) is 17.2 Å². The number of hydrogen-bond acceptors (Lipinski definition) is 4. The summed E-state index contributed by atoms with van der Waals surface area (Å²) < 4.78 is 25.8. The molecular weight excluding hydrogens is 404 g/mol. The molecule has 2 N–H and O–H groups in total. The number of aliphatic imine (C=N–C) groups is 1. The Balaban J connectivity index is 1.64. The van der Waals surface area contributed by atoms with Crippen LogP contribution in [-0.2, 0) is 15.4 Å². The van der Waals surface area contributed by atoms with Crippen molar-refractivity contribution in [1.29, 1.82) is 0 Å². The smallest absolute Gasteiger partial charge is 0.213 e. The van der Waals surface area contributed by atoms with Crippen LogP contribution in [0.4, 0.5) is 0 Å². The molecule has 0 unspecified atom stereocenters. The van der Waals surface area contributed by atoms with Gasteiger partial charge in [-0.2, -0.15) is 0 Å². The first-order valence-electron chi connectivity index (χ1n) is 11.1. The van der Waals surface area contributed by atoms with E-state index < -0.39 is 10.0 Å². The lowest BCUT2D eigenvalue weighted by atomic mass is 9.73. The molecule has 8 heteroatoms. The Morgan fingerprint density at radius 2 is 1.97 bits per heavy atom. The van der Waals surface area contributed by atoms with Crippen molar-refractivity contribution in [2.24, 2.45) is 4.99 Å². The van der Waals surface area contributed by atoms with Crippen LogP contribution in [0.3, 0.4) is 0 Å². The van der Waals surface area contributed by atoms with Gasteiger partial charge in [-0.1, -0.05) is 25.3 Å². The summed E-state index contributed by atoms with van der Waals surface area (Å²) in [7, 11) is -3.08. The molecule has 3 rings (SSSR count). The standard InChI is InChI=1S/C21H36N4O2S2/c1-3-22-20(24-18-10-14-25(15-11-18)29(26,27)4-2)23-17-21(12-6-5-7-13-21)19-9-8-16-28-19/h8-9,16,18H,3-7,10-15,17H2,1-2H3,(H2,22,23,24). The predicted octanol–water partition coefficient (Wildman–Crippen LogP) is 3.32. The monoisotopic (exact) mass is 440 g/mol. The summed E-state index contributed by atoms with van der Waals surface area (Å²) in [6, 6.07) is 4.69. The van der Waals surface area contributed by atoms with Crippen molar-refractivity contribution >= 4 is 27.3 Å². The second kappa shape index (κ2) is 10.3. The lowest BCUT2D eigenvalue weighted by molar-refractivity contribution is 0.301. The van der Waals surface area contributed by atoms with E-state index >= 15 is 0 Å². The minimum absolute atomic E-state index is 0.174. The van der Waals surface area contributed by atoms with Gasteiger partial charge in [-0.15, -0.1) is 11.3 Å². The summed E-state index contributed by atoms with van der Waals surface area (Å²) in [6.45, 7) is 6.61. The van der Waals surface area contributed by atoms with Gasteiger partial charge < -0.3 is 10.6 Å². The van der Waals surface area contributed by atoms with Gasteiger partial charge in [-0.05, 0) is 51.0 Å². The van der Waals surface area contributed by atoms with Crippen LogP contribution in [0.2, 0.25) is 0 Å². The Morgan fingerprint density at radius 3 is 2.55 bits per heavy atom. The second-order valence-corrected chi connectivity index (χ2v) is 11.4. The highest BCUT2D eigenvalue weighted by molar-refractivity contribution is 7.89. The molecule has 1 saturated carbocycles. The fraction of sp³-hybridized carbons (Fsp3) is 0.762. The van der Waals surface area contributed by atoms with E-state index in [1.54, 1.807) is 11.2 Å². The summed E-state index contributed by atoms with van der Waals surface area (Å²) in [5.41, 5.74) is 0.174. The number of nitrogens with zero attached hydrogens (tertiary/aromatic N) is 2. The SMILES string of the molecule is CCNC(=NCC1(c2cccs2)CCCCC1)NC1CCN(S(=O)(=O)CC)CC1. The molecule has 1 aliphatic heterocycles. The quantitative estimate of drug-likeness (QED) is 0.504. The topological polar surface area (TPSA) is 73.8 Å². The van der Waals surface area contributed by atoms with E-state index in [1.165, 1.54) is 37.0 Å². The zero-order valence-electron chi connectivity index (χ0n) is 17.8. The van der Waals surface area contributed by atoms with Crippen LogP contribution in [0.5, 0.6) is 0 Å². The molecule has 6 nitrogen and oxygen atoms in total. The van der Waals surface area contributed by atoms with Crippen molar-refractivity contribution in [3.05, 3.63) is 22.4 Å². The summed E-state index contributed by atoms with van der Waals surface area (Å²) in [5, 5.41) is 9.14. The predicted molar refractivity (Wildman–Crippen MR) is 122 cm³/mol. The van der Waals surface area contributed by atoms with Crippen molar-refractivity contribution in [2.75, 3.05) is 31.9 Å². The number of sulfonamides is 1. The maximum Gasteiger partial charge on any atom is 0.213 e. The largest absolute Gasteiger partial charge is 0.357 e. The molecule has 0 spiro atoms. The van der Waals surface area contributed by atoms with Gasteiger partial charge in [-0.3, -0.25) is 4.99 Å². The van der Waals surface area contributed by atoms with E-state index in [0.29, 0.717) is 13.1 Å². The normalized spacial score (nSPS) is 21.8. The first kappa shape index (κ1) is 22.6. The van der Waals surface area contributed by atoms with Crippen LogP contribution in [0.25, 0.3) is 0 Å². The minimum Gasteiger partial charge on any atom is -0.357 e.